The first kappa shape index (κ1) is 16.2. The quantitative estimate of drug-likeness (QED) is 0.390. The number of nitroso groups, excluding NO2 is 1. The van der Waals surface area contributed by atoms with Gasteiger partial charge in [-0.3, -0.25) is 4.79 Å². The Hall–Kier alpha value is -1.90. The molecule has 0 spiro atoms. The number of alkyl halides is 3. The van der Waals surface area contributed by atoms with Gasteiger partial charge in [0.15, 0.2) is 6.10 Å². The average molecular weight is 315 g/mol. The normalized spacial score (nSPS) is 12.7. The molecule has 0 aromatic heterocycles. The molecule has 1 rings (SSSR count). The second-order valence-electron chi connectivity index (χ2n) is 3.61. The zero-order valence-electron chi connectivity index (χ0n) is 9.79. The molecule has 0 bridgehead atoms. The number of carbonyl (C=O) groups is 1. The molecule has 1 aromatic carbocycles. The topological polar surface area (TPSA) is 67.8 Å². The molecule has 1 aromatic rings. The Labute approximate surface area is 114 Å². The van der Waals surface area contributed by atoms with Crippen molar-refractivity contribution in [3.05, 3.63) is 28.4 Å². The number of anilines is 1. The minimum Gasteiger partial charge on any atom is -0.480 e. The molecule has 0 unspecified atom stereocenters. The van der Waals surface area contributed by atoms with Gasteiger partial charge in [0.05, 0.1) is 16.5 Å². The number of hydrogen-bond donors (Lipinski definition) is 1. The summed E-state index contributed by atoms with van der Waals surface area (Å²) in [6, 6.07) is 1.23. The van der Waals surface area contributed by atoms with E-state index in [1.807, 2.05) is 0 Å². The first-order valence-corrected chi connectivity index (χ1v) is 5.39. The van der Waals surface area contributed by atoms with E-state index in [1.165, 1.54) is 0 Å². The molecule has 110 valence electrons. The molecule has 0 amide bonds. The van der Waals surface area contributed by atoms with Crippen LogP contribution in [-0.4, -0.2) is 17.5 Å². The maximum atomic E-state index is 13.4. The maximum Gasteiger partial charge on any atom is 0.425 e. The lowest BCUT2D eigenvalue weighted by Gasteiger charge is -2.19. The first-order valence-electron chi connectivity index (χ1n) is 5.02. The fraction of sp³-hybridized carbons (Fsp3) is 0.300. The van der Waals surface area contributed by atoms with Gasteiger partial charge in [-0.05, 0) is 24.6 Å². The van der Waals surface area contributed by atoms with Crippen LogP contribution in [-0.2, 0) is 0 Å². The smallest absolute Gasteiger partial charge is 0.425 e. The fourth-order valence-corrected chi connectivity index (χ4v) is 1.34. The second kappa shape index (κ2) is 6.04. The van der Waals surface area contributed by atoms with Crippen molar-refractivity contribution in [1.29, 1.82) is 0 Å². The third kappa shape index (κ3) is 3.80. The zero-order chi connectivity index (χ0) is 15.5. The molecule has 0 aliphatic rings. The Balaban J connectivity index is 3.24. The first-order chi connectivity index (χ1) is 9.16. The largest absolute Gasteiger partial charge is 0.480 e. The summed E-state index contributed by atoms with van der Waals surface area (Å²) in [4.78, 5) is 21.0. The van der Waals surface area contributed by atoms with Crippen molar-refractivity contribution < 1.29 is 27.1 Å². The van der Waals surface area contributed by atoms with Crippen molar-refractivity contribution in [2.45, 2.75) is 19.2 Å². The fourth-order valence-electron chi connectivity index (χ4n) is 1.20. The maximum absolute atomic E-state index is 13.4. The highest BCUT2D eigenvalue weighted by Crippen LogP contribution is 2.32. The van der Waals surface area contributed by atoms with Crippen molar-refractivity contribution >= 4 is 22.5 Å². The number of rotatable bonds is 5. The van der Waals surface area contributed by atoms with Crippen molar-refractivity contribution in [2.75, 3.05) is 5.43 Å². The minimum atomic E-state index is -4.70. The van der Waals surface area contributed by atoms with Crippen molar-refractivity contribution in [3.8, 4) is 5.75 Å². The van der Waals surface area contributed by atoms with Gasteiger partial charge in [-0.2, -0.15) is 13.2 Å². The van der Waals surface area contributed by atoms with Crippen molar-refractivity contribution in [2.24, 2.45) is 5.29 Å². The molecule has 1 atom stereocenters. The summed E-state index contributed by atoms with van der Waals surface area (Å²) in [5.41, 5.74) is 0.523. The van der Waals surface area contributed by atoms with E-state index < -0.39 is 40.3 Å². The molecule has 10 heteroatoms. The lowest BCUT2D eigenvalue weighted by molar-refractivity contribution is -0.189. The molecule has 0 saturated heterocycles. The van der Waals surface area contributed by atoms with Crippen LogP contribution in [0.15, 0.2) is 17.4 Å². The Morgan fingerprint density at radius 2 is 2.05 bits per heavy atom. The zero-order valence-corrected chi connectivity index (χ0v) is 10.5. The molecular weight excluding hydrogens is 308 g/mol. The monoisotopic (exact) mass is 314 g/mol. The minimum absolute atomic E-state index is 0.543. The number of halogens is 5. The predicted molar refractivity (Wildman–Crippen MR) is 62.1 cm³/mol. The number of nitrogens with zero attached hydrogens (tertiary/aromatic N) is 1. The van der Waals surface area contributed by atoms with Crippen LogP contribution in [0.4, 0.5) is 23.2 Å². The van der Waals surface area contributed by atoms with E-state index in [-0.39, 0.29) is 0 Å². The summed E-state index contributed by atoms with van der Waals surface area (Å²) in [5, 5.41) is 0.965. The molecular formula is C10H7ClF4N2O3. The summed E-state index contributed by atoms with van der Waals surface area (Å²) in [5.74, 6) is -1.72. The van der Waals surface area contributed by atoms with Gasteiger partial charge in [0.1, 0.15) is 11.6 Å². The van der Waals surface area contributed by atoms with Gasteiger partial charge in [0.2, 0.25) is 0 Å². The van der Waals surface area contributed by atoms with E-state index in [0.717, 1.165) is 0 Å². The average Bonchev–Trinajstić information content (AvgIpc) is 2.31. The Morgan fingerprint density at radius 3 is 2.50 bits per heavy atom. The van der Waals surface area contributed by atoms with E-state index in [9.17, 15) is 27.3 Å². The van der Waals surface area contributed by atoms with Crippen LogP contribution >= 0.6 is 11.6 Å². The van der Waals surface area contributed by atoms with Crippen LogP contribution in [0, 0.1) is 10.7 Å². The molecule has 0 aliphatic carbocycles. The molecule has 0 aliphatic heterocycles. The predicted octanol–water partition coefficient (Wildman–Crippen LogP) is 3.63. The van der Waals surface area contributed by atoms with Gasteiger partial charge in [-0.15, -0.1) is 4.91 Å². The summed E-state index contributed by atoms with van der Waals surface area (Å²) in [6.45, 7) is 0.691. The SMILES string of the molecule is C[C@H](Oc1cc(NN=O)c(F)cc1C(=O)Cl)C(F)(F)F. The third-order valence-corrected chi connectivity index (χ3v) is 2.42. The van der Waals surface area contributed by atoms with E-state index in [1.54, 1.807) is 5.43 Å². The van der Waals surface area contributed by atoms with Crippen LogP contribution in [0.5, 0.6) is 5.75 Å². The Morgan fingerprint density at radius 1 is 1.45 bits per heavy atom. The summed E-state index contributed by atoms with van der Waals surface area (Å²) >= 11 is 5.14. The molecule has 1 N–H and O–H groups in total. The van der Waals surface area contributed by atoms with Crippen LogP contribution in [0.2, 0.25) is 0 Å². The number of benzene rings is 1. The molecule has 0 fully saturated rings. The summed E-state index contributed by atoms with van der Waals surface area (Å²) < 4.78 is 55.1. The molecule has 20 heavy (non-hydrogen) atoms. The van der Waals surface area contributed by atoms with Crippen molar-refractivity contribution in [3.63, 3.8) is 0 Å². The lowest BCUT2D eigenvalue weighted by Crippen LogP contribution is -2.31. The molecule has 0 saturated carbocycles. The highest BCUT2D eigenvalue weighted by atomic mass is 35.5. The van der Waals surface area contributed by atoms with Gasteiger partial charge in [0.25, 0.3) is 5.24 Å². The van der Waals surface area contributed by atoms with Crippen LogP contribution in [0.1, 0.15) is 17.3 Å². The molecule has 5 nitrogen and oxygen atoms in total. The summed E-state index contributed by atoms with van der Waals surface area (Å²) in [6.07, 6.45) is -6.96. The van der Waals surface area contributed by atoms with Gasteiger partial charge < -0.3 is 4.74 Å². The highest BCUT2D eigenvalue weighted by molar-refractivity contribution is 6.68. The standard InChI is InChI=1S/C10H7ClF4N2O3/c1-4(10(13,14)15)20-8-3-7(16-17-19)6(12)2-5(8)9(11)18/h2-4H,1H3,(H,16,19)/t4-/m0/s1. The number of hydrogen-bond acceptors (Lipinski definition) is 4. The van der Waals surface area contributed by atoms with E-state index >= 15 is 0 Å². The lowest BCUT2D eigenvalue weighted by atomic mass is 10.2. The van der Waals surface area contributed by atoms with Crippen molar-refractivity contribution in [1.82, 2.24) is 0 Å². The van der Waals surface area contributed by atoms with E-state index in [4.69, 9.17) is 11.6 Å². The molecule has 0 heterocycles. The Bertz CT molecular complexity index is 536. The van der Waals surface area contributed by atoms with Gasteiger partial charge in [0, 0.05) is 6.07 Å². The number of carbonyl (C=O) groups excluding carboxylic acids is 1. The van der Waals surface area contributed by atoms with Crippen LogP contribution in [0.3, 0.4) is 0 Å². The van der Waals surface area contributed by atoms with Gasteiger partial charge >= 0.3 is 6.18 Å². The third-order valence-electron chi connectivity index (χ3n) is 2.21. The molecule has 0 radical (unpaired) electrons. The number of ether oxygens (including phenoxy) is 1. The van der Waals surface area contributed by atoms with Crippen LogP contribution in [0.25, 0.3) is 0 Å². The van der Waals surface area contributed by atoms with E-state index in [2.05, 4.69) is 10.0 Å². The van der Waals surface area contributed by atoms with E-state index in [0.29, 0.717) is 19.1 Å². The Kier molecular flexibility index (Phi) is 4.88. The van der Waals surface area contributed by atoms with Crippen LogP contribution < -0.4 is 10.2 Å². The van der Waals surface area contributed by atoms with Gasteiger partial charge in [-0.25, -0.2) is 9.82 Å². The number of nitrogens with one attached hydrogen (secondary N) is 1. The summed E-state index contributed by atoms with van der Waals surface area (Å²) in [7, 11) is 0. The van der Waals surface area contributed by atoms with Gasteiger partial charge in [-0.1, -0.05) is 0 Å². The second-order valence-corrected chi connectivity index (χ2v) is 3.95. The highest BCUT2D eigenvalue weighted by Gasteiger charge is 2.38.